The molecule has 22 heavy (non-hydrogen) atoms. The van der Waals surface area contributed by atoms with Gasteiger partial charge in [0.15, 0.2) is 5.16 Å². The predicted octanol–water partition coefficient (Wildman–Crippen LogP) is 3.06. The van der Waals surface area contributed by atoms with Gasteiger partial charge in [0.2, 0.25) is 0 Å². The van der Waals surface area contributed by atoms with E-state index in [-0.39, 0.29) is 0 Å². The van der Waals surface area contributed by atoms with Crippen LogP contribution in [0.25, 0.3) is 11.0 Å². The Morgan fingerprint density at radius 3 is 2.82 bits per heavy atom. The molecule has 0 amide bonds. The molecule has 1 atom stereocenters. The van der Waals surface area contributed by atoms with Gasteiger partial charge in [-0.25, -0.2) is 4.98 Å². The fourth-order valence-electron chi connectivity index (χ4n) is 2.95. The monoisotopic (exact) mass is 311 g/mol. The van der Waals surface area contributed by atoms with Gasteiger partial charge < -0.3 is 4.98 Å². The molecule has 0 radical (unpaired) electrons. The molecule has 0 saturated heterocycles. The summed E-state index contributed by atoms with van der Waals surface area (Å²) in [6.07, 6.45) is 5.29. The van der Waals surface area contributed by atoms with Crippen molar-refractivity contribution < 1.29 is 4.21 Å². The van der Waals surface area contributed by atoms with Gasteiger partial charge in [-0.05, 0) is 61.1 Å². The largest absolute Gasteiger partial charge is 0.331 e. The van der Waals surface area contributed by atoms with Crippen molar-refractivity contribution >= 4 is 21.8 Å². The molecule has 0 aliphatic heterocycles. The summed E-state index contributed by atoms with van der Waals surface area (Å²) in [6.45, 7) is 1.99. The minimum atomic E-state index is -1.20. The minimum absolute atomic E-state index is 0.389. The molecule has 4 nitrogen and oxygen atoms in total. The summed E-state index contributed by atoms with van der Waals surface area (Å²) < 4.78 is 12.5. The molecule has 2 aromatic heterocycles. The Bertz CT molecular complexity index is 826. The van der Waals surface area contributed by atoms with Crippen LogP contribution in [0.2, 0.25) is 0 Å². The SMILES string of the molecule is Cc1ccc(CS(=O)c2nc3cc4c(cc3[nH]2)CCC4)nc1. The highest BCUT2D eigenvalue weighted by Crippen LogP contribution is 2.27. The summed E-state index contributed by atoms with van der Waals surface area (Å²) in [5.41, 5.74) is 6.62. The van der Waals surface area contributed by atoms with Crippen LogP contribution in [-0.2, 0) is 29.4 Å². The lowest BCUT2D eigenvalue weighted by molar-refractivity contribution is 0.677. The third-order valence-electron chi connectivity index (χ3n) is 4.14. The van der Waals surface area contributed by atoms with Crippen LogP contribution in [0.15, 0.2) is 35.6 Å². The maximum absolute atomic E-state index is 12.5. The number of aromatic nitrogens is 3. The average Bonchev–Trinajstić information content (AvgIpc) is 3.12. The molecule has 1 aromatic carbocycles. The molecule has 1 aliphatic rings. The lowest BCUT2D eigenvalue weighted by atomic mass is 10.1. The summed E-state index contributed by atoms with van der Waals surface area (Å²) in [4.78, 5) is 12.1. The van der Waals surface area contributed by atoms with E-state index in [2.05, 4.69) is 27.1 Å². The first-order valence-electron chi connectivity index (χ1n) is 7.50. The molecule has 0 saturated carbocycles. The number of nitrogens with one attached hydrogen (secondary N) is 1. The van der Waals surface area contributed by atoms with Crippen LogP contribution >= 0.6 is 0 Å². The Kier molecular flexibility index (Phi) is 3.30. The molecular weight excluding hydrogens is 294 g/mol. The van der Waals surface area contributed by atoms with E-state index in [0.29, 0.717) is 10.9 Å². The minimum Gasteiger partial charge on any atom is -0.331 e. The lowest BCUT2D eigenvalue weighted by Crippen LogP contribution is -2.00. The molecule has 0 spiro atoms. The Hall–Kier alpha value is -2.01. The average molecular weight is 311 g/mol. The van der Waals surface area contributed by atoms with Gasteiger partial charge in [-0.15, -0.1) is 0 Å². The summed E-state index contributed by atoms with van der Waals surface area (Å²) in [5.74, 6) is 0.389. The van der Waals surface area contributed by atoms with Crippen LogP contribution in [-0.4, -0.2) is 19.2 Å². The Labute approximate surface area is 131 Å². The number of fused-ring (bicyclic) bond motifs is 2. The number of pyridine rings is 1. The van der Waals surface area contributed by atoms with E-state index >= 15 is 0 Å². The number of hydrogen-bond donors (Lipinski definition) is 1. The van der Waals surface area contributed by atoms with Gasteiger partial charge in [-0.1, -0.05) is 6.07 Å². The summed E-state index contributed by atoms with van der Waals surface area (Å²) in [6, 6.07) is 8.21. The van der Waals surface area contributed by atoms with Crippen LogP contribution in [0.5, 0.6) is 0 Å². The normalized spacial score (nSPS) is 15.1. The third kappa shape index (κ3) is 2.46. The van der Waals surface area contributed by atoms with E-state index in [1.54, 1.807) is 6.20 Å². The molecule has 1 unspecified atom stereocenters. The summed E-state index contributed by atoms with van der Waals surface area (Å²) in [7, 11) is -1.20. The molecule has 112 valence electrons. The predicted molar refractivity (Wildman–Crippen MR) is 87.2 cm³/mol. The number of hydrogen-bond acceptors (Lipinski definition) is 3. The zero-order valence-electron chi connectivity index (χ0n) is 12.4. The fraction of sp³-hybridized carbons (Fsp3) is 0.294. The van der Waals surface area contributed by atoms with Gasteiger partial charge >= 0.3 is 0 Å². The van der Waals surface area contributed by atoms with Crippen LogP contribution < -0.4 is 0 Å². The number of benzene rings is 1. The van der Waals surface area contributed by atoms with E-state index in [4.69, 9.17) is 0 Å². The van der Waals surface area contributed by atoms with E-state index in [9.17, 15) is 4.21 Å². The molecule has 1 aliphatic carbocycles. The number of H-pyrrole nitrogens is 1. The lowest BCUT2D eigenvalue weighted by Gasteiger charge is -1.99. The van der Waals surface area contributed by atoms with Crippen LogP contribution in [0, 0.1) is 6.92 Å². The molecule has 4 rings (SSSR count). The molecule has 2 heterocycles. The zero-order chi connectivity index (χ0) is 15.1. The maximum Gasteiger partial charge on any atom is 0.197 e. The Morgan fingerprint density at radius 1 is 1.23 bits per heavy atom. The van der Waals surface area contributed by atoms with E-state index in [1.165, 1.54) is 17.5 Å². The van der Waals surface area contributed by atoms with Gasteiger partial charge in [-0.3, -0.25) is 9.19 Å². The van der Waals surface area contributed by atoms with Crippen molar-refractivity contribution in [2.45, 2.75) is 37.1 Å². The highest BCUT2D eigenvalue weighted by molar-refractivity contribution is 7.84. The molecule has 0 fully saturated rings. The van der Waals surface area contributed by atoms with Gasteiger partial charge in [0.05, 0.1) is 33.3 Å². The standard InChI is InChI=1S/C17H17N3OS/c1-11-5-6-14(18-9-11)10-22(21)17-19-15-7-12-3-2-4-13(12)8-16(15)20-17/h5-9H,2-4,10H2,1H3,(H,19,20). The number of aromatic amines is 1. The van der Waals surface area contributed by atoms with Crippen molar-refractivity contribution in [1.29, 1.82) is 0 Å². The number of nitrogens with zero attached hydrogens (tertiary/aromatic N) is 2. The van der Waals surface area contributed by atoms with E-state index in [0.717, 1.165) is 35.1 Å². The highest BCUT2D eigenvalue weighted by Gasteiger charge is 2.16. The van der Waals surface area contributed by atoms with Gasteiger partial charge in [0.25, 0.3) is 0 Å². The maximum atomic E-state index is 12.5. The quantitative estimate of drug-likeness (QED) is 0.808. The Balaban J connectivity index is 1.63. The first-order chi connectivity index (χ1) is 10.7. The molecule has 0 bridgehead atoms. The van der Waals surface area contributed by atoms with Crippen molar-refractivity contribution in [2.75, 3.05) is 0 Å². The fourth-order valence-corrected chi connectivity index (χ4v) is 3.95. The zero-order valence-corrected chi connectivity index (χ0v) is 13.2. The van der Waals surface area contributed by atoms with Crippen molar-refractivity contribution in [3.63, 3.8) is 0 Å². The van der Waals surface area contributed by atoms with Gasteiger partial charge in [0.1, 0.15) is 0 Å². The van der Waals surface area contributed by atoms with Gasteiger partial charge in [-0.2, -0.15) is 0 Å². The first kappa shape index (κ1) is 13.6. The van der Waals surface area contributed by atoms with Gasteiger partial charge in [0, 0.05) is 6.20 Å². The van der Waals surface area contributed by atoms with Crippen LogP contribution in [0.3, 0.4) is 0 Å². The number of aryl methyl sites for hydroxylation is 3. The summed E-state index contributed by atoms with van der Waals surface area (Å²) in [5, 5.41) is 0.543. The second-order valence-corrected chi connectivity index (χ2v) is 7.22. The van der Waals surface area contributed by atoms with Crippen LogP contribution in [0.4, 0.5) is 0 Å². The van der Waals surface area contributed by atoms with Crippen molar-refractivity contribution in [3.05, 3.63) is 52.8 Å². The molecular formula is C17H17N3OS. The molecule has 5 heteroatoms. The summed E-state index contributed by atoms with van der Waals surface area (Å²) >= 11 is 0. The number of imidazole rings is 1. The second-order valence-electron chi connectivity index (χ2n) is 5.85. The van der Waals surface area contributed by atoms with E-state index in [1.807, 2.05) is 19.1 Å². The van der Waals surface area contributed by atoms with Crippen molar-refractivity contribution in [1.82, 2.24) is 15.0 Å². The Morgan fingerprint density at radius 2 is 2.05 bits per heavy atom. The molecule has 1 N–H and O–H groups in total. The van der Waals surface area contributed by atoms with Crippen LogP contribution in [0.1, 0.15) is 28.8 Å². The third-order valence-corrected chi connectivity index (χ3v) is 5.32. The van der Waals surface area contributed by atoms with E-state index < -0.39 is 10.8 Å². The topological polar surface area (TPSA) is 58.6 Å². The van der Waals surface area contributed by atoms with Crippen molar-refractivity contribution in [2.24, 2.45) is 0 Å². The second kappa shape index (κ2) is 5.32. The first-order valence-corrected chi connectivity index (χ1v) is 8.82. The number of rotatable bonds is 3. The smallest absolute Gasteiger partial charge is 0.197 e. The van der Waals surface area contributed by atoms with Crippen molar-refractivity contribution in [3.8, 4) is 0 Å². The molecule has 3 aromatic rings. The highest BCUT2D eigenvalue weighted by atomic mass is 32.2.